The van der Waals surface area contributed by atoms with Crippen molar-refractivity contribution >= 4 is 6.03 Å². The maximum Gasteiger partial charge on any atom is 0.315 e. The van der Waals surface area contributed by atoms with Gasteiger partial charge in [0.2, 0.25) is 0 Å². The van der Waals surface area contributed by atoms with Crippen LogP contribution in [0.3, 0.4) is 0 Å². The van der Waals surface area contributed by atoms with Crippen molar-refractivity contribution < 1.29 is 14.6 Å². The van der Waals surface area contributed by atoms with E-state index < -0.39 is 6.10 Å². The predicted molar refractivity (Wildman–Crippen MR) is 88.1 cm³/mol. The predicted octanol–water partition coefficient (Wildman–Crippen LogP) is 3.00. The third-order valence-electron chi connectivity index (χ3n) is 3.39. The number of nitrogens with one attached hydrogen (secondary N) is 2. The Bertz CT molecular complexity index is 459. The van der Waals surface area contributed by atoms with E-state index in [9.17, 15) is 9.90 Å². The van der Waals surface area contributed by atoms with Gasteiger partial charge in [0, 0.05) is 12.6 Å². The summed E-state index contributed by atoms with van der Waals surface area (Å²) in [6.45, 7) is 8.13. The minimum Gasteiger partial charge on any atom is -0.491 e. The second-order valence-electron chi connectivity index (χ2n) is 5.62. The van der Waals surface area contributed by atoms with Gasteiger partial charge in [0.15, 0.2) is 0 Å². The summed E-state index contributed by atoms with van der Waals surface area (Å²) in [5.74, 6) is 0.716. The van der Waals surface area contributed by atoms with Crippen LogP contribution in [0.5, 0.6) is 5.75 Å². The minimum atomic E-state index is -0.761. The highest BCUT2D eigenvalue weighted by atomic mass is 16.5. The van der Waals surface area contributed by atoms with Gasteiger partial charge in [-0.1, -0.05) is 26.0 Å². The molecule has 0 spiro atoms. The topological polar surface area (TPSA) is 70.6 Å². The Morgan fingerprint density at radius 3 is 2.55 bits per heavy atom. The number of hydrogen-bond acceptors (Lipinski definition) is 3. The van der Waals surface area contributed by atoms with Crippen LogP contribution < -0.4 is 15.4 Å². The molecule has 1 aromatic rings. The molecule has 22 heavy (non-hydrogen) atoms. The first-order chi connectivity index (χ1) is 10.5. The molecular weight excluding hydrogens is 280 g/mol. The van der Waals surface area contributed by atoms with Crippen molar-refractivity contribution in [3.05, 3.63) is 29.8 Å². The lowest BCUT2D eigenvalue weighted by Gasteiger charge is -2.18. The van der Waals surface area contributed by atoms with E-state index in [-0.39, 0.29) is 24.7 Å². The van der Waals surface area contributed by atoms with Crippen molar-refractivity contribution in [3.63, 3.8) is 0 Å². The standard InChI is InChI=1S/C17H28N2O3/c1-5-14(6-2)19-17(21)18-11-16(20)13-8-7-9-15(10-13)22-12(3)4/h7-10,12,14,16,20H,5-6,11H2,1-4H3,(H2,18,19,21). The van der Waals surface area contributed by atoms with Crippen LogP contribution in [-0.2, 0) is 0 Å². The summed E-state index contributed by atoms with van der Waals surface area (Å²) in [5, 5.41) is 15.8. The van der Waals surface area contributed by atoms with E-state index >= 15 is 0 Å². The number of hydrogen-bond donors (Lipinski definition) is 3. The maximum atomic E-state index is 11.8. The molecule has 0 saturated heterocycles. The lowest BCUT2D eigenvalue weighted by atomic mass is 10.1. The highest BCUT2D eigenvalue weighted by Gasteiger charge is 2.12. The van der Waals surface area contributed by atoms with Gasteiger partial charge in [-0.3, -0.25) is 0 Å². The maximum absolute atomic E-state index is 11.8. The van der Waals surface area contributed by atoms with E-state index in [1.807, 2.05) is 45.9 Å². The molecular formula is C17H28N2O3. The molecule has 3 N–H and O–H groups in total. The third kappa shape index (κ3) is 6.35. The van der Waals surface area contributed by atoms with Crippen LogP contribution in [0.15, 0.2) is 24.3 Å². The molecule has 0 aromatic heterocycles. The Morgan fingerprint density at radius 2 is 1.95 bits per heavy atom. The molecule has 2 amide bonds. The van der Waals surface area contributed by atoms with Crippen LogP contribution in [0.2, 0.25) is 0 Å². The van der Waals surface area contributed by atoms with Crippen molar-refractivity contribution in [3.8, 4) is 5.75 Å². The van der Waals surface area contributed by atoms with Crippen molar-refractivity contribution in [2.45, 2.75) is 58.8 Å². The summed E-state index contributed by atoms with van der Waals surface area (Å²) in [6, 6.07) is 7.22. The van der Waals surface area contributed by atoms with E-state index in [0.717, 1.165) is 18.4 Å². The van der Waals surface area contributed by atoms with Crippen LogP contribution in [0, 0.1) is 0 Å². The first kappa shape index (κ1) is 18.3. The minimum absolute atomic E-state index is 0.0799. The van der Waals surface area contributed by atoms with Crippen molar-refractivity contribution in [2.75, 3.05) is 6.54 Å². The van der Waals surface area contributed by atoms with Gasteiger partial charge >= 0.3 is 6.03 Å². The van der Waals surface area contributed by atoms with Gasteiger partial charge in [0.1, 0.15) is 5.75 Å². The molecule has 0 radical (unpaired) electrons. The average molecular weight is 308 g/mol. The van der Waals surface area contributed by atoms with Gasteiger partial charge in [-0.2, -0.15) is 0 Å². The highest BCUT2D eigenvalue weighted by molar-refractivity contribution is 5.74. The summed E-state index contributed by atoms with van der Waals surface area (Å²) in [5.41, 5.74) is 0.723. The van der Waals surface area contributed by atoms with Gasteiger partial charge < -0.3 is 20.5 Å². The molecule has 5 nitrogen and oxygen atoms in total. The van der Waals surface area contributed by atoms with Crippen molar-refractivity contribution in [2.24, 2.45) is 0 Å². The quantitative estimate of drug-likeness (QED) is 0.691. The highest BCUT2D eigenvalue weighted by Crippen LogP contribution is 2.19. The number of ether oxygens (including phenoxy) is 1. The first-order valence-corrected chi connectivity index (χ1v) is 7.95. The van der Waals surface area contributed by atoms with Crippen molar-refractivity contribution in [1.29, 1.82) is 0 Å². The summed E-state index contributed by atoms with van der Waals surface area (Å²) < 4.78 is 5.60. The second-order valence-corrected chi connectivity index (χ2v) is 5.62. The summed E-state index contributed by atoms with van der Waals surface area (Å²) in [6.07, 6.45) is 1.10. The smallest absolute Gasteiger partial charge is 0.315 e. The normalized spacial score (nSPS) is 12.3. The Labute approximate surface area is 133 Å². The monoisotopic (exact) mass is 308 g/mol. The number of carbonyl (C=O) groups is 1. The van der Waals surface area contributed by atoms with Crippen LogP contribution in [0.25, 0.3) is 0 Å². The molecule has 1 rings (SSSR count). The molecule has 5 heteroatoms. The molecule has 0 saturated carbocycles. The number of benzene rings is 1. The summed E-state index contributed by atoms with van der Waals surface area (Å²) in [4.78, 5) is 11.8. The second kappa shape index (κ2) is 9.30. The molecule has 0 aliphatic rings. The van der Waals surface area contributed by atoms with E-state index in [4.69, 9.17) is 4.74 Å². The van der Waals surface area contributed by atoms with E-state index in [1.165, 1.54) is 0 Å². The lowest BCUT2D eigenvalue weighted by Crippen LogP contribution is -2.42. The lowest BCUT2D eigenvalue weighted by molar-refractivity contribution is 0.171. The van der Waals surface area contributed by atoms with Crippen LogP contribution in [-0.4, -0.2) is 29.8 Å². The summed E-state index contributed by atoms with van der Waals surface area (Å²) >= 11 is 0. The number of carbonyl (C=O) groups excluding carboxylic acids is 1. The number of rotatable bonds is 8. The molecule has 0 fully saturated rings. The number of urea groups is 1. The van der Waals surface area contributed by atoms with E-state index in [1.54, 1.807) is 6.07 Å². The zero-order valence-electron chi connectivity index (χ0n) is 13.9. The Morgan fingerprint density at radius 1 is 1.27 bits per heavy atom. The fourth-order valence-electron chi connectivity index (χ4n) is 2.10. The van der Waals surface area contributed by atoms with Crippen molar-refractivity contribution in [1.82, 2.24) is 10.6 Å². The van der Waals surface area contributed by atoms with Crippen LogP contribution in [0.1, 0.15) is 52.2 Å². The zero-order chi connectivity index (χ0) is 16.5. The first-order valence-electron chi connectivity index (χ1n) is 7.95. The molecule has 0 heterocycles. The van der Waals surface area contributed by atoms with Gasteiger partial charge in [0.05, 0.1) is 12.2 Å². The average Bonchev–Trinajstić information content (AvgIpc) is 2.49. The number of aliphatic hydroxyl groups excluding tert-OH is 1. The van der Waals surface area contributed by atoms with E-state index in [0.29, 0.717) is 5.75 Å². The van der Waals surface area contributed by atoms with Crippen LogP contribution in [0.4, 0.5) is 4.79 Å². The third-order valence-corrected chi connectivity index (χ3v) is 3.39. The van der Waals surface area contributed by atoms with Crippen LogP contribution >= 0.6 is 0 Å². The fraction of sp³-hybridized carbons (Fsp3) is 0.588. The SMILES string of the molecule is CCC(CC)NC(=O)NCC(O)c1cccc(OC(C)C)c1. The fourth-order valence-corrected chi connectivity index (χ4v) is 2.10. The molecule has 124 valence electrons. The van der Waals surface area contributed by atoms with Gasteiger partial charge in [-0.25, -0.2) is 4.79 Å². The Balaban J connectivity index is 2.51. The summed E-state index contributed by atoms with van der Waals surface area (Å²) in [7, 11) is 0. The molecule has 1 unspecified atom stereocenters. The molecule has 1 atom stereocenters. The van der Waals surface area contributed by atoms with Gasteiger partial charge in [-0.05, 0) is 44.4 Å². The number of aliphatic hydroxyl groups is 1. The Hall–Kier alpha value is -1.75. The largest absolute Gasteiger partial charge is 0.491 e. The van der Waals surface area contributed by atoms with E-state index in [2.05, 4.69) is 10.6 Å². The Kier molecular flexibility index (Phi) is 7.74. The molecule has 0 aliphatic heterocycles. The number of amides is 2. The zero-order valence-corrected chi connectivity index (χ0v) is 13.9. The van der Waals surface area contributed by atoms with Gasteiger partial charge in [-0.15, -0.1) is 0 Å². The molecule has 1 aromatic carbocycles. The van der Waals surface area contributed by atoms with Gasteiger partial charge in [0.25, 0.3) is 0 Å². The molecule has 0 aliphatic carbocycles. The molecule has 0 bridgehead atoms.